The van der Waals surface area contributed by atoms with Gasteiger partial charge >= 0.3 is 0 Å². The lowest BCUT2D eigenvalue weighted by Crippen LogP contribution is -1.98. The average molecular weight is 259 g/mol. The molecule has 2 rings (SSSR count). The maximum absolute atomic E-state index is 14.0. The molecule has 0 aromatic heterocycles. The highest BCUT2D eigenvalue weighted by molar-refractivity contribution is 5.68. The van der Waals surface area contributed by atoms with Crippen LogP contribution in [0, 0.1) is 19.7 Å². The Kier molecular flexibility index (Phi) is 3.86. The van der Waals surface area contributed by atoms with Crippen molar-refractivity contribution in [3.63, 3.8) is 0 Å². The molecule has 0 saturated heterocycles. The van der Waals surface area contributed by atoms with Gasteiger partial charge in [-0.25, -0.2) is 4.39 Å². The Morgan fingerprint density at radius 3 is 2.26 bits per heavy atom. The van der Waals surface area contributed by atoms with Crippen LogP contribution in [-0.2, 0) is 6.54 Å². The first-order chi connectivity index (χ1) is 9.06. The SMILES string of the molecule is COc1c(C)cc(-c2cc(CN)ccc2F)cc1C. The first-order valence-electron chi connectivity index (χ1n) is 6.21. The Morgan fingerprint density at radius 2 is 1.74 bits per heavy atom. The zero-order chi connectivity index (χ0) is 14.0. The van der Waals surface area contributed by atoms with Gasteiger partial charge in [0.15, 0.2) is 0 Å². The molecule has 2 aromatic carbocycles. The van der Waals surface area contributed by atoms with Gasteiger partial charge in [-0.1, -0.05) is 6.07 Å². The molecule has 0 radical (unpaired) electrons. The van der Waals surface area contributed by atoms with Crippen LogP contribution in [0.25, 0.3) is 11.1 Å². The molecule has 0 heterocycles. The molecule has 100 valence electrons. The van der Waals surface area contributed by atoms with Crippen LogP contribution < -0.4 is 10.5 Å². The molecular weight excluding hydrogens is 241 g/mol. The van der Waals surface area contributed by atoms with E-state index in [9.17, 15) is 4.39 Å². The maximum atomic E-state index is 14.0. The topological polar surface area (TPSA) is 35.2 Å². The highest BCUT2D eigenvalue weighted by Crippen LogP contribution is 2.31. The minimum absolute atomic E-state index is 0.235. The van der Waals surface area contributed by atoms with Gasteiger partial charge in [-0.15, -0.1) is 0 Å². The Morgan fingerprint density at radius 1 is 1.11 bits per heavy atom. The number of nitrogens with two attached hydrogens (primary N) is 1. The van der Waals surface area contributed by atoms with Gasteiger partial charge in [0.1, 0.15) is 11.6 Å². The lowest BCUT2D eigenvalue weighted by molar-refractivity contribution is 0.408. The van der Waals surface area contributed by atoms with Crippen LogP contribution in [0.2, 0.25) is 0 Å². The van der Waals surface area contributed by atoms with Crippen LogP contribution in [-0.4, -0.2) is 7.11 Å². The second-order valence-electron chi connectivity index (χ2n) is 4.66. The molecule has 0 bridgehead atoms. The molecule has 3 heteroatoms. The van der Waals surface area contributed by atoms with Crippen LogP contribution in [0.1, 0.15) is 16.7 Å². The third-order valence-electron chi connectivity index (χ3n) is 3.24. The number of methoxy groups -OCH3 is 1. The standard InChI is InChI=1S/C16H18FNO/c1-10-6-13(7-11(2)16(10)19-3)14-8-12(9-18)4-5-15(14)17/h4-8H,9,18H2,1-3H3. The predicted octanol–water partition coefficient (Wildman–Crippen LogP) is 3.58. The van der Waals surface area contributed by atoms with Gasteiger partial charge in [-0.2, -0.15) is 0 Å². The first-order valence-corrected chi connectivity index (χ1v) is 6.21. The number of aryl methyl sites for hydroxylation is 2. The molecule has 0 spiro atoms. The van der Waals surface area contributed by atoms with Crippen molar-refractivity contribution in [1.82, 2.24) is 0 Å². The summed E-state index contributed by atoms with van der Waals surface area (Å²) < 4.78 is 19.3. The Labute approximate surface area is 113 Å². The molecule has 0 saturated carbocycles. The third-order valence-corrected chi connectivity index (χ3v) is 3.24. The van der Waals surface area contributed by atoms with Crippen molar-refractivity contribution in [1.29, 1.82) is 0 Å². The first kappa shape index (κ1) is 13.6. The Bertz CT molecular complexity index is 585. The minimum atomic E-state index is -0.235. The van der Waals surface area contributed by atoms with Gasteiger partial charge in [0.2, 0.25) is 0 Å². The fourth-order valence-electron chi connectivity index (χ4n) is 2.35. The fourth-order valence-corrected chi connectivity index (χ4v) is 2.35. The molecule has 2 N–H and O–H groups in total. The van der Waals surface area contributed by atoms with Crippen molar-refractivity contribution in [2.24, 2.45) is 5.73 Å². The third kappa shape index (κ3) is 2.61. The van der Waals surface area contributed by atoms with Crippen LogP contribution in [0.15, 0.2) is 30.3 Å². The number of ether oxygens (including phenoxy) is 1. The van der Waals surface area contributed by atoms with E-state index >= 15 is 0 Å². The summed E-state index contributed by atoms with van der Waals surface area (Å²) in [7, 11) is 1.64. The van der Waals surface area contributed by atoms with Gasteiger partial charge in [0.25, 0.3) is 0 Å². The van der Waals surface area contributed by atoms with Gasteiger partial charge in [0, 0.05) is 12.1 Å². The lowest BCUT2D eigenvalue weighted by atomic mass is 9.98. The number of benzene rings is 2. The van der Waals surface area contributed by atoms with Crippen LogP contribution in [0.3, 0.4) is 0 Å². The number of hydrogen-bond donors (Lipinski definition) is 1. The van der Waals surface area contributed by atoms with E-state index in [0.29, 0.717) is 12.1 Å². The molecule has 0 fully saturated rings. The molecule has 0 unspecified atom stereocenters. The van der Waals surface area contributed by atoms with E-state index in [4.69, 9.17) is 10.5 Å². The van der Waals surface area contributed by atoms with Crippen molar-refractivity contribution in [3.05, 3.63) is 52.8 Å². The molecule has 2 nitrogen and oxygen atoms in total. The molecule has 0 aliphatic heterocycles. The highest BCUT2D eigenvalue weighted by Gasteiger charge is 2.10. The number of hydrogen-bond acceptors (Lipinski definition) is 2. The van der Waals surface area contributed by atoms with E-state index in [1.807, 2.05) is 26.0 Å². The number of rotatable bonds is 3. The van der Waals surface area contributed by atoms with E-state index in [-0.39, 0.29) is 5.82 Å². The highest BCUT2D eigenvalue weighted by atomic mass is 19.1. The molecular formula is C16H18FNO. The monoisotopic (exact) mass is 259 g/mol. The molecule has 2 aromatic rings. The summed E-state index contributed by atoms with van der Waals surface area (Å²) in [6.45, 7) is 4.32. The van der Waals surface area contributed by atoms with Gasteiger partial charge in [0.05, 0.1) is 7.11 Å². The quantitative estimate of drug-likeness (QED) is 0.914. The van der Waals surface area contributed by atoms with Gasteiger partial charge in [-0.05, 0) is 60.4 Å². The summed E-state index contributed by atoms with van der Waals surface area (Å²) in [6.07, 6.45) is 0. The second kappa shape index (κ2) is 5.41. The summed E-state index contributed by atoms with van der Waals surface area (Å²) in [5.41, 5.74) is 9.95. The summed E-state index contributed by atoms with van der Waals surface area (Å²) in [4.78, 5) is 0. The van der Waals surface area contributed by atoms with Crippen LogP contribution in [0.4, 0.5) is 4.39 Å². The summed E-state index contributed by atoms with van der Waals surface area (Å²) in [5, 5.41) is 0. The molecule has 19 heavy (non-hydrogen) atoms. The summed E-state index contributed by atoms with van der Waals surface area (Å²) >= 11 is 0. The van der Waals surface area contributed by atoms with Crippen molar-refractivity contribution in [2.45, 2.75) is 20.4 Å². The Balaban J connectivity index is 2.59. The van der Waals surface area contributed by atoms with Crippen molar-refractivity contribution in [2.75, 3.05) is 7.11 Å². The number of halogens is 1. The summed E-state index contributed by atoms with van der Waals surface area (Å²) in [5.74, 6) is 0.611. The molecule has 0 aliphatic rings. The van der Waals surface area contributed by atoms with E-state index in [2.05, 4.69) is 0 Å². The van der Waals surface area contributed by atoms with E-state index < -0.39 is 0 Å². The average Bonchev–Trinajstić information content (AvgIpc) is 2.39. The van der Waals surface area contributed by atoms with Gasteiger partial charge < -0.3 is 10.5 Å². The molecule has 0 aliphatic carbocycles. The zero-order valence-corrected chi connectivity index (χ0v) is 11.5. The smallest absolute Gasteiger partial charge is 0.131 e. The largest absolute Gasteiger partial charge is 0.496 e. The lowest BCUT2D eigenvalue weighted by Gasteiger charge is -2.12. The Hall–Kier alpha value is -1.87. The molecule has 0 amide bonds. The van der Waals surface area contributed by atoms with E-state index in [0.717, 1.165) is 28.0 Å². The minimum Gasteiger partial charge on any atom is -0.496 e. The zero-order valence-electron chi connectivity index (χ0n) is 11.5. The second-order valence-corrected chi connectivity index (χ2v) is 4.66. The normalized spacial score (nSPS) is 10.6. The van der Waals surface area contributed by atoms with Crippen molar-refractivity contribution < 1.29 is 9.13 Å². The van der Waals surface area contributed by atoms with Crippen molar-refractivity contribution >= 4 is 0 Å². The predicted molar refractivity (Wildman–Crippen MR) is 75.8 cm³/mol. The van der Waals surface area contributed by atoms with E-state index in [1.165, 1.54) is 6.07 Å². The fraction of sp³-hybridized carbons (Fsp3) is 0.250. The summed E-state index contributed by atoms with van der Waals surface area (Å²) in [6, 6.07) is 8.85. The van der Waals surface area contributed by atoms with Gasteiger partial charge in [-0.3, -0.25) is 0 Å². The maximum Gasteiger partial charge on any atom is 0.131 e. The molecule has 0 atom stereocenters. The van der Waals surface area contributed by atoms with Crippen LogP contribution in [0.5, 0.6) is 5.75 Å². The van der Waals surface area contributed by atoms with E-state index in [1.54, 1.807) is 19.2 Å². The van der Waals surface area contributed by atoms with Crippen molar-refractivity contribution in [3.8, 4) is 16.9 Å². The van der Waals surface area contributed by atoms with Crippen LogP contribution >= 0.6 is 0 Å².